The van der Waals surface area contributed by atoms with Gasteiger partial charge < -0.3 is 14.0 Å². The van der Waals surface area contributed by atoms with Crippen LogP contribution in [0.3, 0.4) is 0 Å². The molecule has 0 saturated carbocycles. The van der Waals surface area contributed by atoms with E-state index in [1.807, 2.05) is 65.8 Å². The fourth-order valence-electron chi connectivity index (χ4n) is 12.4. The summed E-state index contributed by atoms with van der Waals surface area (Å²) in [6, 6.07) is 88.0. The molecule has 1 aliphatic carbocycles. The van der Waals surface area contributed by atoms with Crippen LogP contribution in [0, 0.1) is 0 Å². The molecule has 0 radical (unpaired) electrons. The Morgan fingerprint density at radius 3 is 1.14 bits per heavy atom. The van der Waals surface area contributed by atoms with Crippen molar-refractivity contribution in [2.75, 3.05) is 4.90 Å². The van der Waals surface area contributed by atoms with E-state index in [4.69, 9.17) is 0 Å². The van der Waals surface area contributed by atoms with Crippen LogP contribution in [0.2, 0.25) is 0 Å². The van der Waals surface area contributed by atoms with E-state index < -0.39 is 0 Å². The van der Waals surface area contributed by atoms with E-state index in [-0.39, 0.29) is 5.41 Å². The van der Waals surface area contributed by atoms with E-state index in [1.165, 1.54) is 138 Å². The minimum atomic E-state index is -0.348. The van der Waals surface area contributed by atoms with Crippen molar-refractivity contribution in [2.24, 2.45) is 0 Å². The van der Waals surface area contributed by atoms with Crippen LogP contribution in [0.25, 0.3) is 110 Å². The summed E-state index contributed by atoms with van der Waals surface area (Å²) in [5, 5.41) is 7.61. The van der Waals surface area contributed by atoms with Crippen LogP contribution in [0.5, 0.6) is 0 Å². The van der Waals surface area contributed by atoms with Crippen LogP contribution in [-0.2, 0) is 5.41 Å². The molecule has 3 nitrogen and oxygen atoms in total. The van der Waals surface area contributed by atoms with E-state index in [0.717, 1.165) is 0 Å². The third-order valence-corrected chi connectivity index (χ3v) is 16.3. The fourth-order valence-corrected chi connectivity index (χ4v) is 12.4. The second-order valence-corrected chi connectivity index (χ2v) is 21.0. The molecule has 0 atom stereocenters. The van der Waals surface area contributed by atoms with Gasteiger partial charge in [-0.05, 0) is 180 Å². The van der Waals surface area contributed by atoms with E-state index in [9.17, 15) is 0 Å². The first-order chi connectivity index (χ1) is 39.3. The Morgan fingerprint density at radius 1 is 0.300 bits per heavy atom. The van der Waals surface area contributed by atoms with E-state index in [2.05, 4.69) is 264 Å². The monoisotopic (exact) mass is 1030 g/mol. The van der Waals surface area contributed by atoms with Crippen LogP contribution in [0.1, 0.15) is 66.5 Å². The molecule has 13 aromatic rings. The first-order valence-electron chi connectivity index (χ1n) is 28.4. The van der Waals surface area contributed by atoms with Crippen LogP contribution in [-0.4, -0.2) is 9.13 Å². The highest BCUT2D eigenvalue weighted by Crippen LogP contribution is 2.57. The fraction of sp³-hybridized carbons (Fsp3) is 0.117. The van der Waals surface area contributed by atoms with Gasteiger partial charge in [-0.3, -0.25) is 0 Å². The Hall–Kier alpha value is -9.44. The zero-order chi connectivity index (χ0) is 55.1. The zero-order valence-corrected chi connectivity index (χ0v) is 47.2. The Labute approximate surface area is 471 Å². The highest BCUT2D eigenvalue weighted by molar-refractivity contribution is 6.19. The molecule has 15 rings (SSSR count). The van der Waals surface area contributed by atoms with Crippen LogP contribution >= 0.6 is 0 Å². The zero-order valence-electron chi connectivity index (χ0n) is 47.2. The molecule has 2 aliphatic rings. The normalized spacial score (nSPS) is 12.7. The minimum Gasteiger partial charge on any atom is -0.309 e. The van der Waals surface area contributed by atoms with Gasteiger partial charge in [-0.15, -0.1) is 0 Å². The second kappa shape index (κ2) is 21.4. The number of aromatic nitrogens is 2. The van der Waals surface area contributed by atoms with Gasteiger partial charge in [0.25, 0.3) is 0 Å². The molecule has 3 heterocycles. The van der Waals surface area contributed by atoms with Crippen molar-refractivity contribution in [3.63, 3.8) is 0 Å². The van der Waals surface area contributed by atoms with Gasteiger partial charge in [0.2, 0.25) is 0 Å². The predicted octanol–water partition coefficient (Wildman–Crippen LogP) is 22.3. The number of anilines is 3. The molecule has 0 unspecified atom stereocenters. The van der Waals surface area contributed by atoms with Gasteiger partial charge in [0.1, 0.15) is 0 Å². The third kappa shape index (κ3) is 8.44. The number of hydrogen-bond acceptors (Lipinski definition) is 1. The Bertz CT molecular complexity index is 4250. The molecular formula is C77H67N3. The maximum absolute atomic E-state index is 2.56. The first kappa shape index (κ1) is 51.3. The largest absolute Gasteiger partial charge is 0.309 e. The Kier molecular flexibility index (Phi) is 13.7. The van der Waals surface area contributed by atoms with Gasteiger partial charge in [-0.2, -0.15) is 0 Å². The number of nitrogens with zero attached hydrogens (tertiary/aromatic N) is 3. The highest BCUT2D eigenvalue weighted by atomic mass is 15.2. The summed E-state index contributed by atoms with van der Waals surface area (Å²) in [5.74, 6) is 0. The lowest BCUT2D eigenvalue weighted by Gasteiger charge is -2.43. The van der Waals surface area contributed by atoms with Crippen LogP contribution < -0.4 is 4.90 Å². The maximum Gasteiger partial charge on any atom is 0.0541 e. The van der Waals surface area contributed by atoms with Crippen molar-refractivity contribution >= 4 is 71.4 Å². The van der Waals surface area contributed by atoms with Gasteiger partial charge in [0.05, 0.1) is 39.1 Å². The SMILES string of the molecule is C/C=C\C.C/C=C\C.CC.CC1(C)c2cc(-c3ccc4c(c3)c3ccccc3n4-c3ccccc3)ccc2N(c2ccc3c4c(cccc24)-c2ccccc2-3)c2ccc(-c3ccc4c(c3)c3ccccc3n4-c3ccccc3)cc21. The third-order valence-electron chi connectivity index (χ3n) is 16.3. The second-order valence-electron chi connectivity index (χ2n) is 21.0. The minimum absolute atomic E-state index is 0.348. The van der Waals surface area contributed by atoms with Crippen molar-refractivity contribution < 1.29 is 0 Å². The smallest absolute Gasteiger partial charge is 0.0541 e. The maximum atomic E-state index is 2.56. The molecule has 0 amide bonds. The summed E-state index contributed by atoms with van der Waals surface area (Å²) in [7, 11) is 0. The van der Waals surface area contributed by atoms with Crippen molar-refractivity contribution in [3.8, 4) is 55.9 Å². The number of fused-ring (bicyclic) bond motifs is 11. The molecule has 11 aromatic carbocycles. The summed E-state index contributed by atoms with van der Waals surface area (Å²) in [6.45, 7) is 16.8. The molecular weight excluding hydrogens is 967 g/mol. The van der Waals surface area contributed by atoms with Crippen molar-refractivity contribution in [2.45, 2.75) is 60.8 Å². The molecule has 80 heavy (non-hydrogen) atoms. The molecule has 0 bridgehead atoms. The van der Waals surface area contributed by atoms with E-state index in [1.54, 1.807) is 0 Å². The molecule has 0 N–H and O–H groups in total. The molecule has 0 fully saturated rings. The Balaban J connectivity index is 0.000000594. The summed E-state index contributed by atoms with van der Waals surface area (Å²) in [6.07, 6.45) is 8.00. The number of para-hydroxylation sites is 4. The summed E-state index contributed by atoms with van der Waals surface area (Å²) in [4.78, 5) is 2.56. The van der Waals surface area contributed by atoms with E-state index in [0.29, 0.717) is 0 Å². The topological polar surface area (TPSA) is 13.1 Å². The lowest BCUT2D eigenvalue weighted by molar-refractivity contribution is 0.632. The number of rotatable bonds is 5. The van der Waals surface area contributed by atoms with Gasteiger partial charge in [-0.25, -0.2) is 0 Å². The molecule has 0 saturated heterocycles. The molecule has 0 spiro atoms. The van der Waals surface area contributed by atoms with Crippen LogP contribution in [0.15, 0.2) is 261 Å². The molecule has 390 valence electrons. The highest BCUT2D eigenvalue weighted by Gasteiger charge is 2.39. The Morgan fingerprint density at radius 2 is 0.662 bits per heavy atom. The quantitative estimate of drug-likeness (QED) is 0.157. The van der Waals surface area contributed by atoms with Gasteiger partial charge in [-0.1, -0.05) is 198 Å². The van der Waals surface area contributed by atoms with E-state index >= 15 is 0 Å². The molecule has 3 heteroatoms. The number of allylic oxidation sites excluding steroid dienone is 4. The first-order valence-corrected chi connectivity index (χ1v) is 28.4. The lowest BCUT2D eigenvalue weighted by Crippen LogP contribution is -2.31. The van der Waals surface area contributed by atoms with Crippen molar-refractivity contribution in [3.05, 3.63) is 272 Å². The van der Waals surface area contributed by atoms with Crippen LogP contribution in [0.4, 0.5) is 17.1 Å². The van der Waals surface area contributed by atoms with Crippen molar-refractivity contribution in [1.82, 2.24) is 9.13 Å². The number of benzene rings is 11. The summed E-state index contributed by atoms with van der Waals surface area (Å²) < 4.78 is 4.79. The predicted molar refractivity (Wildman–Crippen MR) is 347 cm³/mol. The summed E-state index contributed by atoms with van der Waals surface area (Å²) >= 11 is 0. The van der Waals surface area contributed by atoms with Gasteiger partial charge >= 0.3 is 0 Å². The van der Waals surface area contributed by atoms with Gasteiger partial charge in [0.15, 0.2) is 0 Å². The van der Waals surface area contributed by atoms with Gasteiger partial charge in [0, 0.05) is 43.7 Å². The lowest BCUT2D eigenvalue weighted by atomic mass is 9.72. The van der Waals surface area contributed by atoms with Crippen molar-refractivity contribution in [1.29, 1.82) is 0 Å². The number of hydrogen-bond donors (Lipinski definition) is 0. The average molecular weight is 1030 g/mol. The molecule has 1 aliphatic heterocycles. The average Bonchev–Trinajstić information content (AvgIpc) is 4.32. The molecule has 2 aromatic heterocycles. The standard InChI is InChI=1S/C67H45N3.2C4H8.C2H6/c1-67(2)57-40-44(42-28-33-62-55(38-42)50-22-11-13-26-59(50)68(62)46-16-5-3-6-17-46)30-35-64(57)70(61-37-32-53-49-21-10-9-20-48(49)52-24-15-25-54(61)66(52)53)65-36-31-45(41-58(65)67)43-29-34-63-56(39-43)51-23-12-14-27-60(51)69(63)47-18-7-4-8-19-47;2*1-3-4-2;1-2/h3-41H,1-2H3;2*3-4H,1-2H3;1-2H3/b;2*4-3-;. The summed E-state index contributed by atoms with van der Waals surface area (Å²) in [5.41, 5.74) is 23.1.